The van der Waals surface area contributed by atoms with E-state index in [1.54, 1.807) is 7.11 Å². The molecule has 4 rings (SSSR count). The first-order valence-corrected chi connectivity index (χ1v) is 9.93. The highest BCUT2D eigenvalue weighted by molar-refractivity contribution is 5.89. The van der Waals surface area contributed by atoms with Crippen molar-refractivity contribution in [1.29, 1.82) is 0 Å². The lowest BCUT2D eigenvalue weighted by Gasteiger charge is -2.48. The quantitative estimate of drug-likeness (QED) is 0.790. The Labute approximate surface area is 159 Å². The average molecular weight is 378 g/mol. The van der Waals surface area contributed by atoms with E-state index < -0.39 is 11.3 Å². The SMILES string of the molecule is COC[C@@H]1CC(F)(F)CN1C1CN(C(=O)C2(c3ccccc3)CCCC2)C1. The molecule has 0 N–H and O–H groups in total. The van der Waals surface area contributed by atoms with Gasteiger partial charge in [0, 0.05) is 38.7 Å². The molecule has 148 valence electrons. The summed E-state index contributed by atoms with van der Waals surface area (Å²) in [5.41, 5.74) is 0.675. The lowest BCUT2D eigenvalue weighted by atomic mass is 9.76. The topological polar surface area (TPSA) is 32.8 Å². The molecule has 2 heterocycles. The minimum Gasteiger partial charge on any atom is -0.383 e. The van der Waals surface area contributed by atoms with E-state index in [4.69, 9.17) is 4.74 Å². The Balaban J connectivity index is 1.45. The summed E-state index contributed by atoms with van der Waals surface area (Å²) in [5, 5.41) is 0. The van der Waals surface area contributed by atoms with Gasteiger partial charge in [0.15, 0.2) is 0 Å². The molecule has 2 saturated heterocycles. The maximum atomic E-state index is 13.9. The molecular weight excluding hydrogens is 350 g/mol. The van der Waals surface area contributed by atoms with Gasteiger partial charge < -0.3 is 9.64 Å². The van der Waals surface area contributed by atoms with Gasteiger partial charge >= 0.3 is 0 Å². The van der Waals surface area contributed by atoms with Crippen LogP contribution >= 0.6 is 0 Å². The van der Waals surface area contributed by atoms with Crippen molar-refractivity contribution in [2.45, 2.75) is 55.5 Å². The number of carbonyl (C=O) groups is 1. The molecule has 0 unspecified atom stereocenters. The van der Waals surface area contributed by atoms with Crippen LogP contribution in [0.1, 0.15) is 37.7 Å². The molecule has 0 aromatic heterocycles. The number of hydrogen-bond acceptors (Lipinski definition) is 3. The lowest BCUT2D eigenvalue weighted by Crippen LogP contribution is -2.65. The molecular formula is C21H28F2N2O2. The summed E-state index contributed by atoms with van der Waals surface area (Å²) < 4.78 is 32.9. The van der Waals surface area contributed by atoms with Crippen LogP contribution in [0.4, 0.5) is 8.78 Å². The van der Waals surface area contributed by atoms with E-state index in [9.17, 15) is 13.6 Å². The molecule has 2 aliphatic heterocycles. The summed E-state index contributed by atoms with van der Waals surface area (Å²) in [5.74, 6) is -2.48. The van der Waals surface area contributed by atoms with Crippen molar-refractivity contribution in [2.24, 2.45) is 0 Å². The third-order valence-corrected chi connectivity index (χ3v) is 6.59. The number of carbonyl (C=O) groups excluding carboxylic acids is 1. The van der Waals surface area contributed by atoms with Crippen molar-refractivity contribution < 1.29 is 18.3 Å². The second kappa shape index (κ2) is 7.13. The average Bonchev–Trinajstić information content (AvgIpc) is 3.20. The molecule has 4 nitrogen and oxygen atoms in total. The molecule has 3 fully saturated rings. The van der Waals surface area contributed by atoms with Crippen molar-refractivity contribution in [3.8, 4) is 0 Å². The van der Waals surface area contributed by atoms with Crippen LogP contribution in [0, 0.1) is 0 Å². The maximum absolute atomic E-state index is 13.9. The number of amides is 1. The van der Waals surface area contributed by atoms with Crippen LogP contribution in [0.5, 0.6) is 0 Å². The molecule has 1 aliphatic carbocycles. The Morgan fingerprint density at radius 1 is 1.19 bits per heavy atom. The van der Waals surface area contributed by atoms with Gasteiger partial charge in [0.25, 0.3) is 5.92 Å². The first-order chi connectivity index (χ1) is 13.0. The predicted molar refractivity (Wildman–Crippen MR) is 98.9 cm³/mol. The van der Waals surface area contributed by atoms with Crippen molar-refractivity contribution in [3.05, 3.63) is 35.9 Å². The summed E-state index contributed by atoms with van der Waals surface area (Å²) in [6.45, 7) is 1.18. The monoisotopic (exact) mass is 378 g/mol. The highest BCUT2D eigenvalue weighted by atomic mass is 19.3. The van der Waals surface area contributed by atoms with Gasteiger partial charge in [-0.1, -0.05) is 43.2 Å². The Bertz CT molecular complexity index is 670. The number of rotatable bonds is 5. The van der Waals surface area contributed by atoms with E-state index in [0.717, 1.165) is 31.2 Å². The first-order valence-electron chi connectivity index (χ1n) is 9.93. The number of methoxy groups -OCH3 is 1. The van der Waals surface area contributed by atoms with E-state index in [2.05, 4.69) is 12.1 Å². The Morgan fingerprint density at radius 2 is 1.85 bits per heavy atom. The molecule has 1 saturated carbocycles. The standard InChI is InChI=1S/C21H28F2N2O2/c1-27-14-17-11-21(22,23)15-25(17)18-12-24(13-18)19(26)20(9-5-6-10-20)16-7-3-2-4-8-16/h2-4,7-8,17-18H,5-6,9-15H2,1H3/t17-/m0/s1. The molecule has 1 amide bonds. The zero-order valence-electron chi connectivity index (χ0n) is 15.9. The lowest BCUT2D eigenvalue weighted by molar-refractivity contribution is -0.146. The van der Waals surface area contributed by atoms with Gasteiger partial charge in [-0.05, 0) is 18.4 Å². The minimum absolute atomic E-state index is 0.0108. The van der Waals surface area contributed by atoms with Crippen molar-refractivity contribution in [3.63, 3.8) is 0 Å². The van der Waals surface area contributed by atoms with Gasteiger partial charge in [-0.3, -0.25) is 9.69 Å². The molecule has 1 aromatic carbocycles. The van der Waals surface area contributed by atoms with Gasteiger partial charge in [-0.25, -0.2) is 8.78 Å². The van der Waals surface area contributed by atoms with E-state index in [1.807, 2.05) is 28.0 Å². The summed E-state index contributed by atoms with van der Waals surface area (Å²) in [4.78, 5) is 17.1. The van der Waals surface area contributed by atoms with Gasteiger partial charge in [-0.15, -0.1) is 0 Å². The number of nitrogens with zero attached hydrogens (tertiary/aromatic N) is 2. The molecule has 3 aliphatic rings. The van der Waals surface area contributed by atoms with Crippen molar-refractivity contribution >= 4 is 5.91 Å². The molecule has 1 atom stereocenters. The number of hydrogen-bond donors (Lipinski definition) is 0. The number of alkyl halides is 2. The fraction of sp³-hybridized carbons (Fsp3) is 0.667. The van der Waals surface area contributed by atoms with Crippen molar-refractivity contribution in [2.75, 3.05) is 33.4 Å². The number of likely N-dealkylation sites (tertiary alicyclic amines) is 2. The highest BCUT2D eigenvalue weighted by Crippen LogP contribution is 2.44. The number of halogens is 2. The highest BCUT2D eigenvalue weighted by Gasteiger charge is 2.53. The normalized spacial score (nSPS) is 27.7. The fourth-order valence-electron chi connectivity index (χ4n) is 5.19. The van der Waals surface area contributed by atoms with E-state index in [0.29, 0.717) is 19.7 Å². The van der Waals surface area contributed by atoms with Gasteiger partial charge in [0.05, 0.1) is 18.6 Å². The number of ether oxygens (including phenoxy) is 1. The fourth-order valence-corrected chi connectivity index (χ4v) is 5.19. The van der Waals surface area contributed by atoms with Crippen LogP contribution in [0.15, 0.2) is 30.3 Å². The Kier molecular flexibility index (Phi) is 4.97. The van der Waals surface area contributed by atoms with Gasteiger partial charge in [0.2, 0.25) is 5.91 Å². The van der Waals surface area contributed by atoms with E-state index >= 15 is 0 Å². The van der Waals surface area contributed by atoms with Crippen LogP contribution in [0.2, 0.25) is 0 Å². The first kappa shape index (κ1) is 18.8. The second-order valence-electron chi connectivity index (χ2n) is 8.36. The van der Waals surface area contributed by atoms with Crippen LogP contribution in [0.25, 0.3) is 0 Å². The van der Waals surface area contributed by atoms with Gasteiger partial charge in [-0.2, -0.15) is 0 Å². The molecule has 0 bridgehead atoms. The van der Waals surface area contributed by atoms with E-state index in [-0.39, 0.29) is 31.0 Å². The van der Waals surface area contributed by atoms with Crippen molar-refractivity contribution in [1.82, 2.24) is 9.80 Å². The minimum atomic E-state index is -2.66. The van der Waals surface area contributed by atoms with Crippen LogP contribution in [-0.2, 0) is 14.9 Å². The van der Waals surface area contributed by atoms with Crippen LogP contribution in [-0.4, -0.2) is 67.1 Å². The van der Waals surface area contributed by atoms with Crippen LogP contribution < -0.4 is 0 Å². The Morgan fingerprint density at radius 3 is 2.48 bits per heavy atom. The summed E-state index contributed by atoms with van der Waals surface area (Å²) in [6, 6.07) is 9.80. The van der Waals surface area contributed by atoms with Gasteiger partial charge in [0.1, 0.15) is 0 Å². The second-order valence-corrected chi connectivity index (χ2v) is 8.36. The van der Waals surface area contributed by atoms with Crippen LogP contribution in [0.3, 0.4) is 0 Å². The number of benzene rings is 1. The predicted octanol–water partition coefficient (Wildman–Crippen LogP) is 3.07. The summed E-state index contributed by atoms with van der Waals surface area (Å²) >= 11 is 0. The maximum Gasteiger partial charge on any atom is 0.262 e. The van der Waals surface area contributed by atoms with E-state index in [1.165, 1.54) is 0 Å². The summed E-state index contributed by atoms with van der Waals surface area (Å²) in [7, 11) is 1.55. The molecule has 0 spiro atoms. The Hall–Kier alpha value is -1.53. The largest absolute Gasteiger partial charge is 0.383 e. The zero-order valence-corrected chi connectivity index (χ0v) is 15.9. The molecule has 27 heavy (non-hydrogen) atoms. The third-order valence-electron chi connectivity index (χ3n) is 6.59. The molecule has 6 heteroatoms. The smallest absolute Gasteiger partial charge is 0.262 e. The molecule has 0 radical (unpaired) electrons. The third kappa shape index (κ3) is 3.38. The zero-order chi connectivity index (χ0) is 19.1. The summed E-state index contributed by atoms with van der Waals surface area (Å²) in [6.07, 6.45) is 3.73. The molecule has 1 aromatic rings.